The first-order valence-corrected chi connectivity index (χ1v) is 6.53. The van der Waals surface area contributed by atoms with Gasteiger partial charge < -0.3 is 9.47 Å². The summed E-state index contributed by atoms with van der Waals surface area (Å²) in [6.07, 6.45) is 0. The van der Waals surface area contributed by atoms with Gasteiger partial charge in [0.25, 0.3) is 0 Å². The number of nitrogens with two attached hydrogens (primary N) is 1. The molecule has 1 unspecified atom stereocenters. The highest BCUT2D eigenvalue weighted by molar-refractivity contribution is 5.45. The first-order chi connectivity index (χ1) is 8.78. The number of hydrogen-bond acceptors (Lipinski definition) is 4. The summed E-state index contributed by atoms with van der Waals surface area (Å²) < 4.78 is 11.3. The van der Waals surface area contributed by atoms with Crippen molar-refractivity contribution in [1.29, 1.82) is 0 Å². The van der Waals surface area contributed by atoms with E-state index in [0.29, 0.717) is 6.61 Å². The Morgan fingerprint density at radius 2 is 1.89 bits per heavy atom. The van der Waals surface area contributed by atoms with Crippen LogP contribution < -0.4 is 16.0 Å². The molecule has 1 aromatic carbocycles. The van der Waals surface area contributed by atoms with Crippen molar-refractivity contribution in [1.82, 2.24) is 5.43 Å². The summed E-state index contributed by atoms with van der Waals surface area (Å²) in [6.45, 7) is 10.7. The summed E-state index contributed by atoms with van der Waals surface area (Å²) in [5.74, 6) is 6.52. The van der Waals surface area contributed by atoms with Crippen LogP contribution in [0, 0.1) is 13.8 Å². The minimum atomic E-state index is -0.194. The van der Waals surface area contributed by atoms with Crippen molar-refractivity contribution in [2.24, 2.45) is 5.84 Å². The number of benzene rings is 1. The van der Waals surface area contributed by atoms with Crippen LogP contribution >= 0.6 is 0 Å². The van der Waals surface area contributed by atoms with Crippen molar-refractivity contribution in [2.75, 3.05) is 13.7 Å². The lowest BCUT2D eigenvalue weighted by Crippen LogP contribution is -2.35. The van der Waals surface area contributed by atoms with Crippen LogP contribution in [0.3, 0.4) is 0 Å². The normalized spacial score (nSPS) is 13.4. The van der Waals surface area contributed by atoms with Gasteiger partial charge in [-0.2, -0.15) is 0 Å². The standard InChI is InChI=1S/C15H26N2O2/c1-10-7-11(2)14(13(8-10)18-6)12(17-16)9-19-15(3,4)5/h7-8,12,17H,9,16H2,1-6H3. The molecule has 0 heterocycles. The highest BCUT2D eigenvalue weighted by Crippen LogP contribution is 2.30. The van der Waals surface area contributed by atoms with Crippen LogP contribution in [0.5, 0.6) is 5.75 Å². The maximum atomic E-state index is 5.82. The summed E-state index contributed by atoms with van der Waals surface area (Å²) >= 11 is 0. The quantitative estimate of drug-likeness (QED) is 0.635. The molecular weight excluding hydrogens is 240 g/mol. The van der Waals surface area contributed by atoms with Crippen molar-refractivity contribution in [3.63, 3.8) is 0 Å². The summed E-state index contributed by atoms with van der Waals surface area (Å²) in [6, 6.07) is 4.05. The maximum absolute atomic E-state index is 5.82. The minimum absolute atomic E-state index is 0.0882. The van der Waals surface area contributed by atoms with Crippen molar-refractivity contribution >= 4 is 0 Å². The lowest BCUT2D eigenvalue weighted by Gasteiger charge is -2.26. The molecule has 0 fully saturated rings. The number of hydrogen-bond donors (Lipinski definition) is 2. The molecule has 0 spiro atoms. The van der Waals surface area contributed by atoms with Crippen LogP contribution in [0.15, 0.2) is 12.1 Å². The average Bonchev–Trinajstić information content (AvgIpc) is 2.29. The van der Waals surface area contributed by atoms with Gasteiger partial charge in [0.2, 0.25) is 0 Å². The van der Waals surface area contributed by atoms with Crippen LogP contribution in [0.1, 0.15) is 43.5 Å². The van der Waals surface area contributed by atoms with E-state index in [0.717, 1.165) is 16.9 Å². The molecule has 3 N–H and O–H groups in total. The van der Waals surface area contributed by atoms with Crippen molar-refractivity contribution in [2.45, 2.75) is 46.3 Å². The number of rotatable bonds is 5. The topological polar surface area (TPSA) is 56.5 Å². The molecule has 0 aliphatic heterocycles. The number of aryl methyl sites for hydroxylation is 2. The molecule has 4 heteroatoms. The molecule has 0 saturated heterocycles. The third-order valence-corrected chi connectivity index (χ3v) is 2.95. The number of methoxy groups -OCH3 is 1. The van der Waals surface area contributed by atoms with E-state index in [-0.39, 0.29) is 11.6 Å². The zero-order valence-electron chi connectivity index (χ0n) is 12.8. The van der Waals surface area contributed by atoms with E-state index in [1.165, 1.54) is 5.56 Å². The molecule has 1 atom stereocenters. The Bertz CT molecular complexity index is 425. The Morgan fingerprint density at radius 3 is 2.37 bits per heavy atom. The lowest BCUT2D eigenvalue weighted by molar-refractivity contribution is -0.0151. The van der Waals surface area contributed by atoms with E-state index >= 15 is 0 Å². The van der Waals surface area contributed by atoms with Crippen LogP contribution in [0.25, 0.3) is 0 Å². The van der Waals surface area contributed by atoms with Gasteiger partial charge in [-0.15, -0.1) is 0 Å². The van der Waals surface area contributed by atoms with Gasteiger partial charge in [0.15, 0.2) is 0 Å². The summed E-state index contributed by atoms with van der Waals surface area (Å²) in [5.41, 5.74) is 6.00. The van der Waals surface area contributed by atoms with Crippen molar-refractivity contribution in [3.8, 4) is 5.75 Å². The molecule has 0 amide bonds. The van der Waals surface area contributed by atoms with E-state index in [4.69, 9.17) is 15.3 Å². The minimum Gasteiger partial charge on any atom is -0.496 e. The van der Waals surface area contributed by atoms with E-state index in [2.05, 4.69) is 25.3 Å². The third-order valence-electron chi connectivity index (χ3n) is 2.95. The van der Waals surface area contributed by atoms with Crippen LogP contribution in [0.4, 0.5) is 0 Å². The summed E-state index contributed by atoms with van der Waals surface area (Å²) in [7, 11) is 1.68. The fourth-order valence-electron chi connectivity index (χ4n) is 2.10. The largest absolute Gasteiger partial charge is 0.496 e. The van der Waals surface area contributed by atoms with Gasteiger partial charge >= 0.3 is 0 Å². The molecule has 0 aromatic heterocycles. The molecule has 0 aliphatic rings. The molecule has 108 valence electrons. The first kappa shape index (κ1) is 16.0. The molecule has 0 radical (unpaired) electrons. The van der Waals surface area contributed by atoms with Gasteiger partial charge in [-0.1, -0.05) is 6.07 Å². The molecule has 4 nitrogen and oxygen atoms in total. The zero-order chi connectivity index (χ0) is 14.6. The van der Waals surface area contributed by atoms with Gasteiger partial charge in [0.05, 0.1) is 25.4 Å². The number of ether oxygens (including phenoxy) is 2. The van der Waals surface area contributed by atoms with E-state index in [1.807, 2.05) is 26.8 Å². The highest BCUT2D eigenvalue weighted by atomic mass is 16.5. The van der Waals surface area contributed by atoms with Crippen molar-refractivity contribution < 1.29 is 9.47 Å². The van der Waals surface area contributed by atoms with Gasteiger partial charge in [-0.25, -0.2) is 0 Å². The second kappa shape index (κ2) is 6.37. The fraction of sp³-hybridized carbons (Fsp3) is 0.600. The average molecular weight is 266 g/mol. The monoisotopic (exact) mass is 266 g/mol. The Kier molecular flexibility index (Phi) is 5.35. The Balaban J connectivity index is 3.04. The molecule has 0 aliphatic carbocycles. The second-order valence-corrected chi connectivity index (χ2v) is 5.84. The second-order valence-electron chi connectivity index (χ2n) is 5.84. The molecule has 19 heavy (non-hydrogen) atoms. The number of hydrazine groups is 1. The lowest BCUT2D eigenvalue weighted by atomic mass is 9.98. The maximum Gasteiger partial charge on any atom is 0.124 e. The SMILES string of the molecule is COc1cc(C)cc(C)c1C(COC(C)(C)C)NN. The number of nitrogens with one attached hydrogen (secondary N) is 1. The molecule has 0 bridgehead atoms. The third kappa shape index (κ3) is 4.49. The highest BCUT2D eigenvalue weighted by Gasteiger charge is 2.21. The zero-order valence-corrected chi connectivity index (χ0v) is 12.8. The molecule has 1 rings (SSSR count). The van der Waals surface area contributed by atoms with Crippen LogP contribution in [-0.4, -0.2) is 19.3 Å². The molecule has 0 saturated carbocycles. The Hall–Kier alpha value is -1.10. The van der Waals surface area contributed by atoms with E-state index in [1.54, 1.807) is 7.11 Å². The van der Waals surface area contributed by atoms with E-state index in [9.17, 15) is 0 Å². The van der Waals surface area contributed by atoms with Crippen LogP contribution in [0.2, 0.25) is 0 Å². The smallest absolute Gasteiger partial charge is 0.124 e. The van der Waals surface area contributed by atoms with Crippen LogP contribution in [-0.2, 0) is 4.74 Å². The predicted octanol–water partition coefficient (Wildman–Crippen LogP) is 2.63. The van der Waals surface area contributed by atoms with Crippen molar-refractivity contribution in [3.05, 3.63) is 28.8 Å². The van der Waals surface area contributed by atoms with E-state index < -0.39 is 0 Å². The summed E-state index contributed by atoms with van der Waals surface area (Å²) in [5, 5.41) is 0. The Morgan fingerprint density at radius 1 is 1.26 bits per heavy atom. The molecule has 1 aromatic rings. The van der Waals surface area contributed by atoms with Gasteiger partial charge in [0.1, 0.15) is 5.75 Å². The first-order valence-electron chi connectivity index (χ1n) is 6.53. The van der Waals surface area contributed by atoms with Gasteiger partial charge in [-0.05, 0) is 51.8 Å². The summed E-state index contributed by atoms with van der Waals surface area (Å²) in [4.78, 5) is 0. The predicted molar refractivity (Wildman–Crippen MR) is 78.2 cm³/mol. The van der Waals surface area contributed by atoms with Gasteiger partial charge in [0, 0.05) is 5.56 Å². The fourth-order valence-corrected chi connectivity index (χ4v) is 2.10. The Labute approximate surface area is 116 Å². The molecular formula is C15H26N2O2. The van der Waals surface area contributed by atoms with Gasteiger partial charge in [-0.3, -0.25) is 11.3 Å².